The zero-order chi connectivity index (χ0) is 22.9. The summed E-state index contributed by atoms with van der Waals surface area (Å²) in [5.74, 6) is 1.90. The van der Waals surface area contributed by atoms with E-state index in [0.29, 0.717) is 6.54 Å². The number of amides is 1. The van der Waals surface area contributed by atoms with Crippen molar-refractivity contribution in [2.45, 2.75) is 19.2 Å². The van der Waals surface area contributed by atoms with Gasteiger partial charge in [-0.05, 0) is 42.3 Å². The number of para-hydroxylation sites is 1. The molecule has 4 nitrogen and oxygen atoms in total. The van der Waals surface area contributed by atoms with E-state index in [4.69, 9.17) is 0 Å². The Bertz CT molecular complexity index is 1010. The van der Waals surface area contributed by atoms with Gasteiger partial charge in [-0.15, -0.1) is 0 Å². The van der Waals surface area contributed by atoms with E-state index in [2.05, 4.69) is 88.8 Å². The van der Waals surface area contributed by atoms with Crippen molar-refractivity contribution in [1.29, 1.82) is 0 Å². The molecule has 0 unspecified atom stereocenters. The highest BCUT2D eigenvalue weighted by molar-refractivity contribution is 7.98. The number of carbonyl (C=O) groups is 1. The van der Waals surface area contributed by atoms with Crippen LogP contribution in [0.5, 0.6) is 0 Å². The second kappa shape index (κ2) is 11.9. The monoisotopic (exact) mass is 459 g/mol. The molecule has 1 aliphatic heterocycles. The third-order valence-electron chi connectivity index (χ3n) is 6.00. The fourth-order valence-electron chi connectivity index (χ4n) is 4.15. The number of aryl methyl sites for hydroxylation is 1. The highest BCUT2D eigenvalue weighted by Crippen LogP contribution is 2.17. The number of rotatable bonds is 9. The van der Waals surface area contributed by atoms with Crippen molar-refractivity contribution in [2.24, 2.45) is 0 Å². The first-order chi connectivity index (χ1) is 16.2. The van der Waals surface area contributed by atoms with Crippen LogP contribution in [0.1, 0.15) is 27.0 Å². The van der Waals surface area contributed by atoms with Gasteiger partial charge in [0.1, 0.15) is 0 Å². The van der Waals surface area contributed by atoms with Crippen LogP contribution in [0.2, 0.25) is 0 Å². The molecular weight excluding hydrogens is 426 g/mol. The lowest BCUT2D eigenvalue weighted by atomic mass is 10.1. The molecule has 0 spiro atoms. The van der Waals surface area contributed by atoms with Crippen molar-refractivity contribution >= 4 is 23.4 Å². The molecule has 3 aromatic rings. The standard InChI is InChI=1S/C28H33N3OS/c1-23-6-5-7-25(20-23)22-33-19-14-29-28(32)26-12-10-24(11-13-26)21-30-15-17-31(18-16-30)27-8-3-2-4-9-27/h2-13,20H,14-19,21-22H2,1H3,(H,29,32). The fraction of sp³-hybridized carbons (Fsp3) is 0.321. The first-order valence-corrected chi connectivity index (χ1v) is 12.9. The van der Waals surface area contributed by atoms with Crippen LogP contribution < -0.4 is 10.2 Å². The number of nitrogens with one attached hydrogen (secondary N) is 1. The SMILES string of the molecule is Cc1cccc(CSCCNC(=O)c2ccc(CN3CCN(c4ccccc4)CC3)cc2)c1. The second-order valence-electron chi connectivity index (χ2n) is 8.59. The number of thioether (sulfide) groups is 1. The van der Waals surface area contributed by atoms with Crippen molar-refractivity contribution in [3.63, 3.8) is 0 Å². The molecule has 0 aliphatic carbocycles. The summed E-state index contributed by atoms with van der Waals surface area (Å²) in [5.41, 5.74) is 5.92. The summed E-state index contributed by atoms with van der Waals surface area (Å²) in [6.45, 7) is 7.93. The lowest BCUT2D eigenvalue weighted by Crippen LogP contribution is -2.45. The molecular formula is C28H33N3OS. The Morgan fingerprint density at radius 1 is 0.879 bits per heavy atom. The summed E-state index contributed by atoms with van der Waals surface area (Å²) >= 11 is 1.85. The van der Waals surface area contributed by atoms with Gasteiger partial charge in [0.25, 0.3) is 5.91 Å². The minimum atomic E-state index is 0.00850. The Morgan fingerprint density at radius 2 is 1.64 bits per heavy atom. The largest absolute Gasteiger partial charge is 0.369 e. The van der Waals surface area contributed by atoms with Crippen LogP contribution >= 0.6 is 11.8 Å². The molecule has 4 rings (SSSR count). The van der Waals surface area contributed by atoms with Gasteiger partial charge in [0.05, 0.1) is 0 Å². The molecule has 1 amide bonds. The van der Waals surface area contributed by atoms with Gasteiger partial charge in [-0.2, -0.15) is 11.8 Å². The Balaban J connectivity index is 1.15. The number of nitrogens with zero attached hydrogens (tertiary/aromatic N) is 2. The van der Waals surface area contributed by atoms with E-state index in [0.717, 1.165) is 49.8 Å². The van der Waals surface area contributed by atoms with Gasteiger partial charge >= 0.3 is 0 Å². The van der Waals surface area contributed by atoms with Gasteiger partial charge in [-0.1, -0.05) is 60.2 Å². The highest BCUT2D eigenvalue weighted by atomic mass is 32.2. The molecule has 0 bridgehead atoms. The molecule has 1 aliphatic rings. The van der Waals surface area contributed by atoms with Gasteiger partial charge < -0.3 is 10.2 Å². The number of carbonyl (C=O) groups excluding carboxylic acids is 1. The van der Waals surface area contributed by atoms with Crippen LogP contribution in [0.4, 0.5) is 5.69 Å². The maximum absolute atomic E-state index is 12.5. The van der Waals surface area contributed by atoms with Crippen LogP contribution in [0.25, 0.3) is 0 Å². The van der Waals surface area contributed by atoms with Crippen LogP contribution in [0.15, 0.2) is 78.9 Å². The Kier molecular flexibility index (Phi) is 8.45. The van der Waals surface area contributed by atoms with Crippen molar-refractivity contribution in [1.82, 2.24) is 10.2 Å². The first-order valence-electron chi connectivity index (χ1n) is 11.7. The smallest absolute Gasteiger partial charge is 0.251 e. The normalized spacial score (nSPS) is 14.3. The average molecular weight is 460 g/mol. The van der Waals surface area contributed by atoms with Gasteiger partial charge in [0, 0.05) is 62.0 Å². The molecule has 1 N–H and O–H groups in total. The van der Waals surface area contributed by atoms with Crippen LogP contribution in [-0.4, -0.2) is 49.3 Å². The van der Waals surface area contributed by atoms with Crippen LogP contribution in [0.3, 0.4) is 0 Å². The average Bonchev–Trinajstić information content (AvgIpc) is 2.85. The third kappa shape index (κ3) is 7.11. The van der Waals surface area contributed by atoms with Crippen molar-refractivity contribution in [3.8, 4) is 0 Å². The van der Waals surface area contributed by atoms with E-state index in [-0.39, 0.29) is 5.91 Å². The molecule has 0 atom stereocenters. The van der Waals surface area contributed by atoms with Gasteiger partial charge in [0.15, 0.2) is 0 Å². The van der Waals surface area contributed by atoms with E-state index in [1.165, 1.54) is 22.4 Å². The van der Waals surface area contributed by atoms with Gasteiger partial charge in [0.2, 0.25) is 0 Å². The Morgan fingerprint density at radius 3 is 2.36 bits per heavy atom. The van der Waals surface area contributed by atoms with Crippen molar-refractivity contribution < 1.29 is 4.79 Å². The minimum Gasteiger partial charge on any atom is -0.369 e. The summed E-state index contributed by atoms with van der Waals surface area (Å²) in [6.07, 6.45) is 0. The minimum absolute atomic E-state index is 0.00850. The van der Waals surface area contributed by atoms with Crippen molar-refractivity contribution in [3.05, 3.63) is 101 Å². The molecule has 0 saturated carbocycles. The molecule has 33 heavy (non-hydrogen) atoms. The van der Waals surface area contributed by atoms with E-state index >= 15 is 0 Å². The number of anilines is 1. The molecule has 1 heterocycles. The van der Waals surface area contributed by atoms with E-state index in [9.17, 15) is 4.79 Å². The molecule has 1 fully saturated rings. The predicted octanol–water partition coefficient (Wildman–Crippen LogP) is 4.98. The number of hydrogen-bond acceptors (Lipinski definition) is 4. The van der Waals surface area contributed by atoms with Crippen LogP contribution in [0, 0.1) is 6.92 Å². The van der Waals surface area contributed by atoms with E-state index in [1.54, 1.807) is 0 Å². The molecule has 0 radical (unpaired) electrons. The Hall–Kier alpha value is -2.76. The predicted molar refractivity (Wildman–Crippen MR) is 140 cm³/mol. The highest BCUT2D eigenvalue weighted by Gasteiger charge is 2.17. The fourth-order valence-corrected chi connectivity index (χ4v) is 4.96. The van der Waals surface area contributed by atoms with Gasteiger partial charge in [-0.3, -0.25) is 9.69 Å². The topological polar surface area (TPSA) is 35.6 Å². The lowest BCUT2D eigenvalue weighted by Gasteiger charge is -2.36. The lowest BCUT2D eigenvalue weighted by molar-refractivity contribution is 0.0956. The summed E-state index contributed by atoms with van der Waals surface area (Å²) < 4.78 is 0. The molecule has 172 valence electrons. The first kappa shape index (κ1) is 23.4. The maximum atomic E-state index is 12.5. The maximum Gasteiger partial charge on any atom is 0.251 e. The van der Waals surface area contributed by atoms with E-state index in [1.807, 2.05) is 23.9 Å². The van der Waals surface area contributed by atoms with Crippen LogP contribution in [-0.2, 0) is 12.3 Å². The molecule has 0 aromatic heterocycles. The molecule has 1 saturated heterocycles. The Labute approximate surface area is 202 Å². The number of hydrogen-bond donors (Lipinski definition) is 1. The second-order valence-corrected chi connectivity index (χ2v) is 9.70. The van der Waals surface area contributed by atoms with E-state index < -0.39 is 0 Å². The number of piperazine rings is 1. The van der Waals surface area contributed by atoms with Gasteiger partial charge in [-0.25, -0.2) is 0 Å². The summed E-state index contributed by atoms with van der Waals surface area (Å²) in [7, 11) is 0. The summed E-state index contributed by atoms with van der Waals surface area (Å²) in [5, 5.41) is 3.04. The summed E-state index contributed by atoms with van der Waals surface area (Å²) in [4.78, 5) is 17.4. The summed E-state index contributed by atoms with van der Waals surface area (Å²) in [6, 6.07) is 27.3. The molecule has 5 heteroatoms. The van der Waals surface area contributed by atoms with Crippen molar-refractivity contribution in [2.75, 3.05) is 43.4 Å². The third-order valence-corrected chi connectivity index (χ3v) is 7.03. The number of benzene rings is 3. The zero-order valence-corrected chi connectivity index (χ0v) is 20.2. The molecule has 3 aromatic carbocycles. The quantitative estimate of drug-likeness (QED) is 0.458. The zero-order valence-electron chi connectivity index (χ0n) is 19.4.